The number of hydrogen-bond acceptors (Lipinski definition) is 5. The molecule has 1 aromatic heterocycles. The van der Waals surface area contributed by atoms with E-state index in [2.05, 4.69) is 22.2 Å². The molecule has 5 heteroatoms. The fraction of sp³-hybridized carbons (Fsp3) is 0.714. The van der Waals surface area contributed by atoms with Gasteiger partial charge in [0.05, 0.1) is 5.60 Å². The Balaban J connectivity index is 2.02. The van der Waals surface area contributed by atoms with E-state index in [0.717, 1.165) is 56.4 Å². The number of aryl methyl sites for hydroxylation is 2. The SMILES string of the molecule is CCc1cc(NCC2(OC)CCOCC2)nc(C)n1. The van der Waals surface area contributed by atoms with Gasteiger partial charge in [-0.25, -0.2) is 9.97 Å². The minimum absolute atomic E-state index is 0.135. The van der Waals surface area contributed by atoms with E-state index in [9.17, 15) is 0 Å². The van der Waals surface area contributed by atoms with Crippen molar-refractivity contribution in [1.82, 2.24) is 9.97 Å². The molecule has 2 rings (SSSR count). The molecule has 1 N–H and O–H groups in total. The summed E-state index contributed by atoms with van der Waals surface area (Å²) in [7, 11) is 1.77. The van der Waals surface area contributed by atoms with Gasteiger partial charge in [0.25, 0.3) is 0 Å². The smallest absolute Gasteiger partial charge is 0.130 e. The largest absolute Gasteiger partial charge is 0.381 e. The Morgan fingerprint density at radius 2 is 2.11 bits per heavy atom. The molecule has 0 amide bonds. The molecule has 0 aromatic carbocycles. The second-order valence-electron chi connectivity index (χ2n) is 5.00. The summed E-state index contributed by atoms with van der Waals surface area (Å²) in [6.07, 6.45) is 2.75. The van der Waals surface area contributed by atoms with E-state index in [4.69, 9.17) is 9.47 Å². The van der Waals surface area contributed by atoms with Crippen LogP contribution in [0.3, 0.4) is 0 Å². The summed E-state index contributed by atoms with van der Waals surface area (Å²) in [6.45, 7) is 6.30. The average molecular weight is 265 g/mol. The predicted molar refractivity (Wildman–Crippen MR) is 74.4 cm³/mol. The molecule has 0 bridgehead atoms. The average Bonchev–Trinajstić information content (AvgIpc) is 2.45. The maximum Gasteiger partial charge on any atom is 0.130 e. The van der Waals surface area contributed by atoms with Gasteiger partial charge in [-0.2, -0.15) is 0 Å². The number of nitrogens with zero attached hydrogens (tertiary/aromatic N) is 2. The third-order valence-electron chi connectivity index (χ3n) is 3.68. The molecule has 0 radical (unpaired) electrons. The Morgan fingerprint density at radius 1 is 1.37 bits per heavy atom. The molecule has 106 valence electrons. The van der Waals surface area contributed by atoms with Gasteiger partial charge in [-0.3, -0.25) is 0 Å². The van der Waals surface area contributed by atoms with Crippen molar-refractivity contribution in [3.8, 4) is 0 Å². The Hall–Kier alpha value is -1.20. The zero-order valence-corrected chi connectivity index (χ0v) is 12.0. The highest BCUT2D eigenvalue weighted by Gasteiger charge is 2.32. The molecule has 0 unspecified atom stereocenters. The normalized spacial score (nSPS) is 18.3. The van der Waals surface area contributed by atoms with Crippen LogP contribution in [0, 0.1) is 6.92 Å². The summed E-state index contributed by atoms with van der Waals surface area (Å²) in [5, 5.41) is 3.39. The highest BCUT2D eigenvalue weighted by atomic mass is 16.5. The van der Waals surface area contributed by atoms with Crippen LogP contribution >= 0.6 is 0 Å². The lowest BCUT2D eigenvalue weighted by molar-refractivity contribution is -0.0807. The van der Waals surface area contributed by atoms with Gasteiger partial charge < -0.3 is 14.8 Å². The summed E-state index contributed by atoms with van der Waals surface area (Å²) in [4.78, 5) is 8.80. The van der Waals surface area contributed by atoms with Crippen molar-refractivity contribution in [2.75, 3.05) is 32.2 Å². The quantitative estimate of drug-likeness (QED) is 0.882. The second kappa shape index (κ2) is 6.30. The van der Waals surface area contributed by atoms with Gasteiger partial charge >= 0.3 is 0 Å². The molecule has 0 spiro atoms. The maximum atomic E-state index is 5.70. The zero-order chi connectivity index (χ0) is 13.7. The first-order valence-corrected chi connectivity index (χ1v) is 6.89. The van der Waals surface area contributed by atoms with Crippen LogP contribution in [0.4, 0.5) is 5.82 Å². The summed E-state index contributed by atoms with van der Waals surface area (Å²) in [5.41, 5.74) is 0.928. The van der Waals surface area contributed by atoms with E-state index in [1.54, 1.807) is 7.11 Å². The lowest BCUT2D eigenvalue weighted by Crippen LogP contribution is -2.44. The van der Waals surface area contributed by atoms with Crippen molar-refractivity contribution in [2.24, 2.45) is 0 Å². The fourth-order valence-electron chi connectivity index (χ4n) is 2.35. The van der Waals surface area contributed by atoms with E-state index in [0.29, 0.717) is 0 Å². The van der Waals surface area contributed by atoms with Gasteiger partial charge in [0.1, 0.15) is 11.6 Å². The van der Waals surface area contributed by atoms with Crippen LogP contribution in [0.25, 0.3) is 0 Å². The molecule has 19 heavy (non-hydrogen) atoms. The molecule has 1 aromatic rings. The Morgan fingerprint density at radius 3 is 2.74 bits per heavy atom. The van der Waals surface area contributed by atoms with Crippen molar-refractivity contribution in [3.05, 3.63) is 17.6 Å². The van der Waals surface area contributed by atoms with Gasteiger partial charge in [0.15, 0.2) is 0 Å². The highest BCUT2D eigenvalue weighted by Crippen LogP contribution is 2.24. The number of methoxy groups -OCH3 is 1. The number of anilines is 1. The van der Waals surface area contributed by atoms with Crippen molar-refractivity contribution < 1.29 is 9.47 Å². The minimum atomic E-state index is -0.135. The predicted octanol–water partition coefficient (Wildman–Crippen LogP) is 1.95. The molecule has 5 nitrogen and oxygen atoms in total. The molecule has 1 fully saturated rings. The highest BCUT2D eigenvalue weighted by molar-refractivity contribution is 5.36. The lowest BCUT2D eigenvalue weighted by atomic mass is 9.94. The molecule has 0 saturated carbocycles. The number of nitrogens with one attached hydrogen (secondary N) is 1. The number of aromatic nitrogens is 2. The van der Waals surface area contributed by atoms with Crippen LogP contribution in [0.5, 0.6) is 0 Å². The lowest BCUT2D eigenvalue weighted by Gasteiger charge is -2.36. The number of ether oxygens (including phenoxy) is 2. The van der Waals surface area contributed by atoms with Crippen molar-refractivity contribution in [2.45, 2.75) is 38.7 Å². The monoisotopic (exact) mass is 265 g/mol. The van der Waals surface area contributed by atoms with Gasteiger partial charge in [0, 0.05) is 51.5 Å². The van der Waals surface area contributed by atoms with Crippen LogP contribution in [-0.2, 0) is 15.9 Å². The van der Waals surface area contributed by atoms with E-state index in [1.165, 1.54) is 0 Å². The van der Waals surface area contributed by atoms with E-state index in [1.807, 2.05) is 13.0 Å². The number of hydrogen-bond donors (Lipinski definition) is 1. The van der Waals surface area contributed by atoms with E-state index < -0.39 is 0 Å². The summed E-state index contributed by atoms with van der Waals surface area (Å²) >= 11 is 0. The Kier molecular flexibility index (Phi) is 4.71. The Bertz CT molecular complexity index is 417. The first-order chi connectivity index (χ1) is 9.17. The first-order valence-electron chi connectivity index (χ1n) is 6.89. The topological polar surface area (TPSA) is 56.3 Å². The molecule has 1 aliphatic heterocycles. The first kappa shape index (κ1) is 14.2. The van der Waals surface area contributed by atoms with Gasteiger partial charge in [-0.1, -0.05) is 6.92 Å². The van der Waals surface area contributed by atoms with E-state index >= 15 is 0 Å². The van der Waals surface area contributed by atoms with Gasteiger partial charge in [-0.05, 0) is 13.3 Å². The van der Waals surface area contributed by atoms with Crippen LogP contribution in [0.1, 0.15) is 31.3 Å². The van der Waals surface area contributed by atoms with Crippen LogP contribution < -0.4 is 5.32 Å². The molecule has 1 saturated heterocycles. The van der Waals surface area contributed by atoms with E-state index in [-0.39, 0.29) is 5.60 Å². The molecule has 2 heterocycles. The van der Waals surface area contributed by atoms with Crippen LogP contribution in [0.2, 0.25) is 0 Å². The Labute approximate surface area is 114 Å². The second-order valence-corrected chi connectivity index (χ2v) is 5.00. The van der Waals surface area contributed by atoms with Crippen LogP contribution in [-0.4, -0.2) is 42.4 Å². The van der Waals surface area contributed by atoms with Crippen molar-refractivity contribution >= 4 is 5.82 Å². The fourth-order valence-corrected chi connectivity index (χ4v) is 2.35. The molecular weight excluding hydrogens is 242 g/mol. The zero-order valence-electron chi connectivity index (χ0n) is 12.0. The van der Waals surface area contributed by atoms with Gasteiger partial charge in [-0.15, -0.1) is 0 Å². The summed E-state index contributed by atoms with van der Waals surface area (Å²) in [5.74, 6) is 1.69. The van der Waals surface area contributed by atoms with Crippen molar-refractivity contribution in [1.29, 1.82) is 0 Å². The molecule has 0 atom stereocenters. The molecule has 0 aliphatic carbocycles. The van der Waals surface area contributed by atoms with Gasteiger partial charge in [0.2, 0.25) is 0 Å². The molecule has 1 aliphatic rings. The standard InChI is InChI=1S/C14H23N3O2/c1-4-12-9-13(17-11(2)16-12)15-10-14(18-3)5-7-19-8-6-14/h9H,4-8,10H2,1-3H3,(H,15,16,17). The number of rotatable bonds is 5. The summed E-state index contributed by atoms with van der Waals surface area (Å²) in [6, 6.07) is 2.01. The minimum Gasteiger partial charge on any atom is -0.381 e. The molecular formula is C14H23N3O2. The maximum absolute atomic E-state index is 5.70. The summed E-state index contributed by atoms with van der Waals surface area (Å²) < 4.78 is 11.1. The third-order valence-corrected chi connectivity index (χ3v) is 3.68. The third kappa shape index (κ3) is 3.64. The van der Waals surface area contributed by atoms with Crippen LogP contribution in [0.15, 0.2) is 6.07 Å². The van der Waals surface area contributed by atoms with Crippen molar-refractivity contribution in [3.63, 3.8) is 0 Å².